The van der Waals surface area contributed by atoms with Crippen molar-refractivity contribution >= 4 is 0 Å². The van der Waals surface area contributed by atoms with E-state index in [1.54, 1.807) is 11.1 Å². The van der Waals surface area contributed by atoms with Crippen LogP contribution in [0.1, 0.15) is 37.3 Å². The van der Waals surface area contributed by atoms with Crippen molar-refractivity contribution in [2.24, 2.45) is 5.92 Å². The van der Waals surface area contributed by atoms with Gasteiger partial charge in [0.1, 0.15) is 0 Å². The molecule has 1 aliphatic heterocycles. The lowest BCUT2D eigenvalue weighted by molar-refractivity contribution is 0.215. The van der Waals surface area contributed by atoms with Crippen LogP contribution in [0.5, 0.6) is 0 Å². The van der Waals surface area contributed by atoms with Gasteiger partial charge < -0.3 is 5.32 Å². The maximum Gasteiger partial charge on any atom is 0.0237 e. The van der Waals surface area contributed by atoms with Crippen molar-refractivity contribution in [3.8, 4) is 0 Å². The van der Waals surface area contributed by atoms with Crippen LogP contribution in [0.3, 0.4) is 0 Å². The summed E-state index contributed by atoms with van der Waals surface area (Å²) in [5.41, 5.74) is 3.10. The lowest BCUT2D eigenvalue weighted by Gasteiger charge is -2.32. The summed E-state index contributed by atoms with van der Waals surface area (Å²) in [6, 6.07) is 9.67. The zero-order chi connectivity index (χ0) is 13.1. The zero-order valence-corrected chi connectivity index (χ0v) is 12.1. The standard InChI is InChI=1S/C17H26N2/c1-2-10-18-17(15-7-8-15)13-19-11-9-14-5-3-4-6-16(14)12-19/h3-6,15,17-18H,2,7-13H2,1H3. The third-order valence-electron chi connectivity index (χ3n) is 4.51. The van der Waals surface area contributed by atoms with E-state index in [0.29, 0.717) is 0 Å². The summed E-state index contributed by atoms with van der Waals surface area (Å²) < 4.78 is 0. The van der Waals surface area contributed by atoms with Gasteiger partial charge in [-0.2, -0.15) is 0 Å². The number of hydrogen-bond donors (Lipinski definition) is 1. The van der Waals surface area contributed by atoms with E-state index in [1.807, 2.05) is 0 Å². The van der Waals surface area contributed by atoms with E-state index in [1.165, 1.54) is 45.3 Å². The molecule has 3 rings (SSSR count). The second-order valence-electron chi connectivity index (χ2n) is 6.15. The van der Waals surface area contributed by atoms with Gasteiger partial charge in [0, 0.05) is 25.7 Å². The highest BCUT2D eigenvalue weighted by Crippen LogP contribution is 2.33. The number of nitrogens with zero attached hydrogens (tertiary/aromatic N) is 1. The molecule has 0 saturated heterocycles. The van der Waals surface area contributed by atoms with Crippen molar-refractivity contribution in [2.45, 2.75) is 45.2 Å². The molecule has 1 fully saturated rings. The molecule has 2 heteroatoms. The van der Waals surface area contributed by atoms with Crippen LogP contribution in [0.4, 0.5) is 0 Å². The summed E-state index contributed by atoms with van der Waals surface area (Å²) >= 11 is 0. The quantitative estimate of drug-likeness (QED) is 0.844. The highest BCUT2D eigenvalue weighted by atomic mass is 15.2. The van der Waals surface area contributed by atoms with Gasteiger partial charge in [0.2, 0.25) is 0 Å². The molecule has 0 bridgehead atoms. The zero-order valence-electron chi connectivity index (χ0n) is 12.1. The van der Waals surface area contributed by atoms with Crippen molar-refractivity contribution in [2.75, 3.05) is 19.6 Å². The van der Waals surface area contributed by atoms with E-state index in [0.717, 1.165) is 18.5 Å². The molecule has 2 aliphatic rings. The smallest absolute Gasteiger partial charge is 0.0237 e. The Morgan fingerprint density at radius 3 is 2.79 bits per heavy atom. The summed E-state index contributed by atoms with van der Waals surface area (Å²) in [5.74, 6) is 0.948. The monoisotopic (exact) mass is 258 g/mol. The van der Waals surface area contributed by atoms with E-state index in [2.05, 4.69) is 41.4 Å². The van der Waals surface area contributed by atoms with Gasteiger partial charge in [-0.1, -0.05) is 31.2 Å². The molecule has 1 atom stereocenters. The minimum atomic E-state index is 0.727. The van der Waals surface area contributed by atoms with Crippen LogP contribution in [0, 0.1) is 5.92 Å². The van der Waals surface area contributed by atoms with Crippen LogP contribution < -0.4 is 5.32 Å². The van der Waals surface area contributed by atoms with Crippen LogP contribution in [0.25, 0.3) is 0 Å². The summed E-state index contributed by atoms with van der Waals surface area (Å²) in [7, 11) is 0. The average Bonchev–Trinajstić information content (AvgIpc) is 3.28. The minimum absolute atomic E-state index is 0.727. The van der Waals surface area contributed by atoms with Crippen LogP contribution in [-0.4, -0.2) is 30.6 Å². The topological polar surface area (TPSA) is 15.3 Å². The van der Waals surface area contributed by atoms with E-state index in [9.17, 15) is 0 Å². The Morgan fingerprint density at radius 2 is 2.05 bits per heavy atom. The Kier molecular flexibility index (Phi) is 4.19. The summed E-state index contributed by atoms with van der Waals surface area (Å²) in [6.45, 7) is 7.04. The number of benzene rings is 1. The Bertz CT molecular complexity index is 411. The van der Waals surface area contributed by atoms with Gasteiger partial charge in [-0.15, -0.1) is 0 Å². The molecule has 0 amide bonds. The summed E-state index contributed by atoms with van der Waals surface area (Å²) in [5, 5.41) is 3.76. The van der Waals surface area contributed by atoms with Gasteiger partial charge >= 0.3 is 0 Å². The Labute approximate surface area is 117 Å². The second kappa shape index (κ2) is 6.06. The predicted molar refractivity (Wildman–Crippen MR) is 80.2 cm³/mol. The van der Waals surface area contributed by atoms with Crippen molar-refractivity contribution in [1.29, 1.82) is 0 Å². The Morgan fingerprint density at radius 1 is 1.26 bits per heavy atom. The lowest BCUT2D eigenvalue weighted by Crippen LogP contribution is -2.44. The molecule has 1 aromatic rings. The highest BCUT2D eigenvalue weighted by Gasteiger charge is 2.32. The maximum absolute atomic E-state index is 3.76. The summed E-state index contributed by atoms with van der Waals surface area (Å²) in [4.78, 5) is 2.65. The molecule has 19 heavy (non-hydrogen) atoms. The fraction of sp³-hybridized carbons (Fsp3) is 0.647. The minimum Gasteiger partial charge on any atom is -0.312 e. The fourth-order valence-electron chi connectivity index (χ4n) is 3.20. The average molecular weight is 258 g/mol. The number of hydrogen-bond acceptors (Lipinski definition) is 2. The first-order valence-electron chi connectivity index (χ1n) is 7.89. The van der Waals surface area contributed by atoms with Gasteiger partial charge in [-0.3, -0.25) is 4.90 Å². The van der Waals surface area contributed by atoms with Crippen LogP contribution in [0.2, 0.25) is 0 Å². The van der Waals surface area contributed by atoms with Crippen molar-refractivity contribution in [3.05, 3.63) is 35.4 Å². The number of fused-ring (bicyclic) bond motifs is 1. The molecule has 1 aromatic carbocycles. The first kappa shape index (κ1) is 13.1. The molecule has 0 spiro atoms. The third-order valence-corrected chi connectivity index (χ3v) is 4.51. The second-order valence-corrected chi connectivity index (χ2v) is 6.15. The van der Waals surface area contributed by atoms with Crippen LogP contribution >= 0.6 is 0 Å². The Hall–Kier alpha value is -0.860. The van der Waals surface area contributed by atoms with Crippen molar-refractivity contribution in [3.63, 3.8) is 0 Å². The lowest BCUT2D eigenvalue weighted by atomic mass is 9.99. The van der Waals surface area contributed by atoms with Gasteiger partial charge in [-0.05, 0) is 49.3 Å². The Balaban J connectivity index is 1.58. The SMILES string of the molecule is CCCNC(CN1CCc2ccccc2C1)C1CC1. The molecule has 1 unspecified atom stereocenters. The first-order valence-corrected chi connectivity index (χ1v) is 7.89. The molecule has 0 aromatic heterocycles. The molecular weight excluding hydrogens is 232 g/mol. The van der Waals surface area contributed by atoms with Gasteiger partial charge in [0.15, 0.2) is 0 Å². The molecule has 1 heterocycles. The van der Waals surface area contributed by atoms with Crippen LogP contribution in [-0.2, 0) is 13.0 Å². The van der Waals surface area contributed by atoms with E-state index in [4.69, 9.17) is 0 Å². The van der Waals surface area contributed by atoms with Crippen molar-refractivity contribution < 1.29 is 0 Å². The molecule has 104 valence electrons. The third kappa shape index (κ3) is 3.37. The van der Waals surface area contributed by atoms with Gasteiger partial charge in [0.25, 0.3) is 0 Å². The highest BCUT2D eigenvalue weighted by molar-refractivity contribution is 5.29. The van der Waals surface area contributed by atoms with Crippen molar-refractivity contribution in [1.82, 2.24) is 10.2 Å². The molecule has 1 aliphatic carbocycles. The molecule has 1 N–H and O–H groups in total. The summed E-state index contributed by atoms with van der Waals surface area (Å²) in [6.07, 6.45) is 5.34. The normalized spacial score (nSPS) is 21.1. The van der Waals surface area contributed by atoms with Gasteiger partial charge in [-0.25, -0.2) is 0 Å². The maximum atomic E-state index is 3.76. The predicted octanol–water partition coefficient (Wildman–Crippen LogP) is 2.82. The largest absolute Gasteiger partial charge is 0.312 e. The molecule has 2 nitrogen and oxygen atoms in total. The fourth-order valence-corrected chi connectivity index (χ4v) is 3.20. The number of rotatable bonds is 6. The molecule has 0 radical (unpaired) electrons. The van der Waals surface area contributed by atoms with Crippen LogP contribution in [0.15, 0.2) is 24.3 Å². The first-order chi connectivity index (χ1) is 9.36. The van der Waals surface area contributed by atoms with Gasteiger partial charge in [0.05, 0.1) is 0 Å². The van der Waals surface area contributed by atoms with E-state index >= 15 is 0 Å². The van der Waals surface area contributed by atoms with E-state index in [-0.39, 0.29) is 0 Å². The molecular formula is C17H26N2. The number of nitrogens with one attached hydrogen (secondary N) is 1. The van der Waals surface area contributed by atoms with E-state index < -0.39 is 0 Å². The molecule has 1 saturated carbocycles.